The molecule has 56 valence electrons. The van der Waals surface area contributed by atoms with Crippen LogP contribution in [0.1, 0.15) is 12.5 Å². The van der Waals surface area contributed by atoms with Crippen molar-refractivity contribution in [2.75, 3.05) is 0 Å². The van der Waals surface area contributed by atoms with E-state index >= 15 is 0 Å². The molecule has 2 aromatic heterocycles. The van der Waals surface area contributed by atoms with Crippen LogP contribution in [-0.2, 0) is 6.42 Å². The lowest BCUT2D eigenvalue weighted by atomic mass is 10.2. The van der Waals surface area contributed by atoms with E-state index in [0.717, 1.165) is 6.42 Å². The summed E-state index contributed by atoms with van der Waals surface area (Å²) in [5, 5.41) is 0. The molecule has 0 aliphatic carbocycles. The molecule has 11 heavy (non-hydrogen) atoms. The topological polar surface area (TPSA) is 4.41 Å². The summed E-state index contributed by atoms with van der Waals surface area (Å²) in [4.78, 5) is 0. The van der Waals surface area contributed by atoms with Gasteiger partial charge in [0.2, 0.25) is 0 Å². The van der Waals surface area contributed by atoms with Crippen LogP contribution in [0, 0.1) is 0 Å². The van der Waals surface area contributed by atoms with Crippen LogP contribution < -0.4 is 0 Å². The van der Waals surface area contributed by atoms with E-state index in [-0.39, 0.29) is 0 Å². The lowest BCUT2D eigenvalue weighted by molar-refractivity contribution is 1.11. The summed E-state index contributed by atoms with van der Waals surface area (Å²) in [6, 6.07) is 8.46. The molecule has 2 heterocycles. The molecular formula is C10H11N. The minimum Gasteiger partial charge on any atom is -0.324 e. The summed E-state index contributed by atoms with van der Waals surface area (Å²) in [5.41, 5.74) is 2.68. The van der Waals surface area contributed by atoms with Crippen LogP contribution in [0.15, 0.2) is 36.7 Å². The average molecular weight is 145 g/mol. The van der Waals surface area contributed by atoms with Crippen LogP contribution in [0.3, 0.4) is 0 Å². The Morgan fingerprint density at radius 2 is 2.27 bits per heavy atom. The highest BCUT2D eigenvalue weighted by Gasteiger charge is 1.93. The molecule has 0 atom stereocenters. The predicted molar refractivity (Wildman–Crippen MR) is 46.8 cm³/mol. The van der Waals surface area contributed by atoms with Gasteiger partial charge < -0.3 is 4.40 Å². The number of hydrogen-bond acceptors (Lipinski definition) is 0. The Kier molecular flexibility index (Phi) is 1.42. The zero-order valence-corrected chi connectivity index (χ0v) is 6.62. The number of hydrogen-bond donors (Lipinski definition) is 0. The van der Waals surface area contributed by atoms with Gasteiger partial charge in [-0.1, -0.05) is 13.0 Å². The zero-order valence-electron chi connectivity index (χ0n) is 6.62. The SMILES string of the molecule is CCc1cc2ccccn2c1. The van der Waals surface area contributed by atoms with Crippen LogP contribution in [0.4, 0.5) is 0 Å². The summed E-state index contributed by atoms with van der Waals surface area (Å²) in [6.07, 6.45) is 5.37. The lowest BCUT2D eigenvalue weighted by Crippen LogP contribution is -1.76. The van der Waals surface area contributed by atoms with E-state index in [2.05, 4.69) is 41.9 Å². The van der Waals surface area contributed by atoms with E-state index in [1.54, 1.807) is 0 Å². The number of aromatic nitrogens is 1. The Morgan fingerprint density at radius 3 is 3.00 bits per heavy atom. The summed E-state index contributed by atoms with van der Waals surface area (Å²) in [7, 11) is 0. The van der Waals surface area contributed by atoms with Gasteiger partial charge in [0.25, 0.3) is 0 Å². The largest absolute Gasteiger partial charge is 0.324 e. The van der Waals surface area contributed by atoms with Gasteiger partial charge >= 0.3 is 0 Å². The molecule has 0 aliphatic rings. The maximum Gasteiger partial charge on any atom is 0.0452 e. The van der Waals surface area contributed by atoms with Crippen LogP contribution >= 0.6 is 0 Å². The van der Waals surface area contributed by atoms with Crippen molar-refractivity contribution in [1.82, 2.24) is 4.40 Å². The number of nitrogens with zero attached hydrogens (tertiary/aromatic N) is 1. The Balaban J connectivity index is 2.69. The fourth-order valence-corrected chi connectivity index (χ4v) is 1.31. The van der Waals surface area contributed by atoms with Gasteiger partial charge in [0.1, 0.15) is 0 Å². The molecule has 0 radical (unpaired) electrons. The molecular weight excluding hydrogens is 134 g/mol. The fourth-order valence-electron chi connectivity index (χ4n) is 1.31. The molecule has 0 saturated heterocycles. The normalized spacial score (nSPS) is 10.6. The van der Waals surface area contributed by atoms with E-state index < -0.39 is 0 Å². The molecule has 2 rings (SSSR count). The van der Waals surface area contributed by atoms with Crippen LogP contribution in [0.25, 0.3) is 5.52 Å². The van der Waals surface area contributed by atoms with Gasteiger partial charge in [0.15, 0.2) is 0 Å². The summed E-state index contributed by atoms with van der Waals surface area (Å²) < 4.78 is 2.15. The second-order valence-corrected chi connectivity index (χ2v) is 2.73. The zero-order chi connectivity index (χ0) is 7.68. The molecule has 0 bridgehead atoms. The number of rotatable bonds is 1. The van der Waals surface area contributed by atoms with Crippen LogP contribution in [-0.4, -0.2) is 4.40 Å². The third-order valence-corrected chi connectivity index (χ3v) is 1.97. The van der Waals surface area contributed by atoms with Gasteiger partial charge in [-0.3, -0.25) is 0 Å². The Bertz CT molecular complexity index is 327. The van der Waals surface area contributed by atoms with Crippen molar-refractivity contribution < 1.29 is 0 Å². The summed E-state index contributed by atoms with van der Waals surface area (Å²) in [6.45, 7) is 2.18. The monoisotopic (exact) mass is 145 g/mol. The maximum atomic E-state index is 2.22. The third kappa shape index (κ3) is 1.03. The minimum absolute atomic E-state index is 1.11. The van der Waals surface area contributed by atoms with Gasteiger partial charge in [-0.05, 0) is 30.2 Å². The third-order valence-electron chi connectivity index (χ3n) is 1.97. The smallest absolute Gasteiger partial charge is 0.0452 e. The van der Waals surface area contributed by atoms with E-state index in [4.69, 9.17) is 0 Å². The molecule has 0 fully saturated rings. The fraction of sp³-hybridized carbons (Fsp3) is 0.200. The average Bonchev–Trinajstić information content (AvgIpc) is 2.46. The van der Waals surface area contributed by atoms with Crippen LogP contribution in [0.2, 0.25) is 0 Å². The number of pyridine rings is 1. The summed E-state index contributed by atoms with van der Waals surface area (Å²) >= 11 is 0. The molecule has 0 aromatic carbocycles. The second kappa shape index (κ2) is 2.42. The van der Waals surface area contributed by atoms with Crippen molar-refractivity contribution in [2.24, 2.45) is 0 Å². The molecule has 0 amide bonds. The van der Waals surface area contributed by atoms with E-state index in [0.29, 0.717) is 0 Å². The van der Waals surface area contributed by atoms with Crippen LogP contribution in [0.5, 0.6) is 0 Å². The maximum absolute atomic E-state index is 2.22. The molecule has 1 nitrogen and oxygen atoms in total. The van der Waals surface area contributed by atoms with E-state index in [1.807, 2.05) is 6.07 Å². The summed E-state index contributed by atoms with van der Waals surface area (Å²) in [5.74, 6) is 0. The van der Waals surface area contributed by atoms with Crippen molar-refractivity contribution in [2.45, 2.75) is 13.3 Å². The first-order chi connectivity index (χ1) is 5.40. The van der Waals surface area contributed by atoms with Crippen molar-refractivity contribution in [3.63, 3.8) is 0 Å². The highest BCUT2D eigenvalue weighted by Crippen LogP contribution is 2.09. The Morgan fingerprint density at radius 1 is 1.36 bits per heavy atom. The van der Waals surface area contributed by atoms with Gasteiger partial charge in [0, 0.05) is 17.9 Å². The highest BCUT2D eigenvalue weighted by molar-refractivity contribution is 5.49. The first-order valence-corrected chi connectivity index (χ1v) is 3.96. The quantitative estimate of drug-likeness (QED) is 0.580. The van der Waals surface area contributed by atoms with Crippen molar-refractivity contribution in [1.29, 1.82) is 0 Å². The predicted octanol–water partition coefficient (Wildman–Crippen LogP) is 2.50. The first-order valence-electron chi connectivity index (χ1n) is 3.96. The van der Waals surface area contributed by atoms with Gasteiger partial charge in [-0.25, -0.2) is 0 Å². The Labute approximate surface area is 66.3 Å². The highest BCUT2D eigenvalue weighted by atomic mass is 14.8. The Hall–Kier alpha value is -1.24. The van der Waals surface area contributed by atoms with Gasteiger partial charge in [-0.2, -0.15) is 0 Å². The van der Waals surface area contributed by atoms with Crippen molar-refractivity contribution in [3.8, 4) is 0 Å². The molecule has 0 N–H and O–H groups in total. The minimum atomic E-state index is 1.11. The van der Waals surface area contributed by atoms with Gasteiger partial charge in [-0.15, -0.1) is 0 Å². The molecule has 0 aliphatic heterocycles. The van der Waals surface area contributed by atoms with Crippen molar-refractivity contribution in [3.05, 3.63) is 42.2 Å². The lowest BCUT2D eigenvalue weighted by Gasteiger charge is -1.88. The number of aryl methyl sites for hydroxylation is 1. The van der Waals surface area contributed by atoms with Gasteiger partial charge in [0.05, 0.1) is 0 Å². The first kappa shape index (κ1) is 6.47. The van der Waals surface area contributed by atoms with E-state index in [9.17, 15) is 0 Å². The van der Waals surface area contributed by atoms with Crippen molar-refractivity contribution >= 4 is 5.52 Å². The molecule has 0 saturated carbocycles. The second-order valence-electron chi connectivity index (χ2n) is 2.73. The number of fused-ring (bicyclic) bond motifs is 1. The molecule has 0 spiro atoms. The molecule has 0 unspecified atom stereocenters. The molecule has 2 aromatic rings. The molecule has 1 heteroatoms. The van der Waals surface area contributed by atoms with E-state index in [1.165, 1.54) is 11.1 Å². The standard InChI is InChI=1S/C10H11N/c1-2-9-7-10-5-3-4-6-11(10)8-9/h3-8H,2H2,1H3.